The Hall–Kier alpha value is -2.48. The minimum absolute atomic E-state index is 0.0320. The Morgan fingerprint density at radius 1 is 1.19 bits per heavy atom. The SMILES string of the molecule is O=C(Nc1nnc(-c2ccc(C(F)(F)F)cc2)o1)C1CCCN1S(=O)(=O)c1ccc(Cl)s1. The molecule has 0 aliphatic carbocycles. The molecule has 32 heavy (non-hydrogen) atoms. The summed E-state index contributed by atoms with van der Waals surface area (Å²) in [6, 6.07) is 5.63. The van der Waals surface area contributed by atoms with Crippen LogP contribution in [0.25, 0.3) is 11.5 Å². The lowest BCUT2D eigenvalue weighted by Gasteiger charge is -2.21. The topological polar surface area (TPSA) is 105 Å². The number of halogens is 4. The van der Waals surface area contributed by atoms with Gasteiger partial charge >= 0.3 is 12.2 Å². The zero-order valence-electron chi connectivity index (χ0n) is 16.0. The average Bonchev–Trinajstić information content (AvgIpc) is 3.48. The van der Waals surface area contributed by atoms with Crippen LogP contribution in [0.5, 0.6) is 0 Å². The molecule has 1 fully saturated rings. The number of nitrogens with one attached hydrogen (secondary N) is 1. The summed E-state index contributed by atoms with van der Waals surface area (Å²) in [5.74, 6) is -0.755. The van der Waals surface area contributed by atoms with Crippen molar-refractivity contribution in [2.75, 3.05) is 11.9 Å². The van der Waals surface area contributed by atoms with Gasteiger partial charge in [0.15, 0.2) is 0 Å². The van der Waals surface area contributed by atoms with Crippen LogP contribution in [-0.4, -0.2) is 41.4 Å². The number of carbonyl (C=O) groups is 1. The van der Waals surface area contributed by atoms with Gasteiger partial charge in [-0.2, -0.15) is 17.5 Å². The largest absolute Gasteiger partial charge is 0.416 e. The van der Waals surface area contributed by atoms with Gasteiger partial charge in [0.2, 0.25) is 11.8 Å². The Balaban J connectivity index is 1.48. The number of carbonyl (C=O) groups excluding carboxylic acids is 1. The Morgan fingerprint density at radius 2 is 1.91 bits per heavy atom. The molecule has 1 amide bonds. The van der Waals surface area contributed by atoms with Gasteiger partial charge in [0.25, 0.3) is 10.0 Å². The molecule has 8 nitrogen and oxygen atoms in total. The van der Waals surface area contributed by atoms with Crippen LogP contribution in [-0.2, 0) is 21.0 Å². The van der Waals surface area contributed by atoms with Crippen molar-refractivity contribution in [1.29, 1.82) is 0 Å². The number of nitrogens with zero attached hydrogens (tertiary/aromatic N) is 3. The quantitative estimate of drug-likeness (QED) is 0.554. The Kier molecular flexibility index (Phi) is 6.00. The highest BCUT2D eigenvalue weighted by Crippen LogP contribution is 2.33. The molecule has 0 spiro atoms. The first-order valence-electron chi connectivity index (χ1n) is 9.15. The minimum atomic E-state index is -4.48. The van der Waals surface area contributed by atoms with Crippen molar-refractivity contribution in [1.82, 2.24) is 14.5 Å². The fourth-order valence-corrected chi connectivity index (χ4v) is 6.49. The summed E-state index contributed by atoms with van der Waals surface area (Å²) in [4.78, 5) is 12.7. The van der Waals surface area contributed by atoms with E-state index < -0.39 is 33.7 Å². The van der Waals surface area contributed by atoms with E-state index >= 15 is 0 Å². The van der Waals surface area contributed by atoms with Gasteiger partial charge in [-0.15, -0.1) is 16.4 Å². The fourth-order valence-electron chi connectivity index (χ4n) is 3.22. The molecule has 0 bridgehead atoms. The van der Waals surface area contributed by atoms with Crippen molar-refractivity contribution < 1.29 is 30.8 Å². The van der Waals surface area contributed by atoms with Gasteiger partial charge in [0, 0.05) is 12.1 Å². The third kappa shape index (κ3) is 4.51. The molecule has 0 saturated carbocycles. The molecular weight excluding hydrogens is 493 g/mol. The third-order valence-electron chi connectivity index (χ3n) is 4.73. The van der Waals surface area contributed by atoms with Crippen LogP contribution in [0.2, 0.25) is 4.34 Å². The van der Waals surface area contributed by atoms with Crippen molar-refractivity contribution in [3.63, 3.8) is 0 Å². The van der Waals surface area contributed by atoms with Crippen LogP contribution >= 0.6 is 22.9 Å². The first kappa shape index (κ1) is 22.7. The van der Waals surface area contributed by atoms with Crippen molar-refractivity contribution in [3.8, 4) is 11.5 Å². The summed E-state index contributed by atoms with van der Waals surface area (Å²) in [5, 5.41) is 9.77. The van der Waals surface area contributed by atoms with E-state index in [1.807, 2.05) is 0 Å². The molecular formula is C18H14ClF3N4O4S2. The van der Waals surface area contributed by atoms with Crippen LogP contribution in [0.1, 0.15) is 18.4 Å². The van der Waals surface area contributed by atoms with E-state index in [2.05, 4.69) is 15.5 Å². The standard InChI is InChI=1S/C18H14ClF3N4O4S2/c19-13-7-8-14(31-13)32(28,29)26-9-1-2-12(26)15(27)23-17-25-24-16(30-17)10-3-5-11(6-4-10)18(20,21)22/h3-8,12H,1-2,9H2,(H,23,25,27). The zero-order valence-corrected chi connectivity index (χ0v) is 18.4. The number of sulfonamides is 1. The monoisotopic (exact) mass is 506 g/mol. The number of anilines is 1. The summed E-state index contributed by atoms with van der Waals surface area (Å²) in [5.41, 5.74) is -0.602. The molecule has 1 aromatic carbocycles. The van der Waals surface area contributed by atoms with E-state index in [-0.39, 0.29) is 28.2 Å². The number of thiophene rings is 1. The van der Waals surface area contributed by atoms with Gasteiger partial charge in [-0.3, -0.25) is 10.1 Å². The van der Waals surface area contributed by atoms with Crippen LogP contribution in [0.4, 0.5) is 19.2 Å². The van der Waals surface area contributed by atoms with E-state index in [0.717, 1.165) is 27.8 Å². The van der Waals surface area contributed by atoms with Crippen molar-refractivity contribution in [2.24, 2.45) is 0 Å². The number of benzene rings is 1. The lowest BCUT2D eigenvalue weighted by molar-refractivity contribution is -0.137. The first-order chi connectivity index (χ1) is 15.1. The maximum Gasteiger partial charge on any atom is 0.416 e. The highest BCUT2D eigenvalue weighted by Gasteiger charge is 2.40. The van der Waals surface area contributed by atoms with Crippen molar-refractivity contribution >= 4 is 44.9 Å². The Morgan fingerprint density at radius 3 is 2.53 bits per heavy atom. The Bertz CT molecular complexity index is 1240. The van der Waals surface area contributed by atoms with Crippen LogP contribution in [0.15, 0.2) is 45.0 Å². The van der Waals surface area contributed by atoms with Gasteiger partial charge in [-0.25, -0.2) is 8.42 Å². The highest BCUT2D eigenvalue weighted by atomic mass is 35.5. The van der Waals surface area contributed by atoms with E-state index in [9.17, 15) is 26.4 Å². The van der Waals surface area contributed by atoms with E-state index in [4.69, 9.17) is 16.0 Å². The number of aromatic nitrogens is 2. The highest BCUT2D eigenvalue weighted by molar-refractivity contribution is 7.91. The predicted octanol–water partition coefficient (Wildman–Crippen LogP) is 4.26. The number of hydrogen-bond acceptors (Lipinski definition) is 7. The summed E-state index contributed by atoms with van der Waals surface area (Å²) < 4.78 is 70.6. The lowest BCUT2D eigenvalue weighted by atomic mass is 10.1. The molecule has 1 aliphatic heterocycles. The van der Waals surface area contributed by atoms with Gasteiger partial charge in [0.05, 0.1) is 9.90 Å². The van der Waals surface area contributed by atoms with Gasteiger partial charge in [-0.05, 0) is 49.2 Å². The van der Waals surface area contributed by atoms with Gasteiger partial charge in [0.1, 0.15) is 10.3 Å². The second kappa shape index (κ2) is 8.46. The van der Waals surface area contributed by atoms with E-state index in [1.165, 1.54) is 24.3 Å². The maximum atomic E-state index is 12.9. The summed E-state index contributed by atoms with van der Waals surface area (Å²) in [6.45, 7) is 0.163. The predicted molar refractivity (Wildman–Crippen MR) is 110 cm³/mol. The van der Waals surface area contributed by atoms with Gasteiger partial charge < -0.3 is 4.42 Å². The van der Waals surface area contributed by atoms with Crippen LogP contribution in [0, 0.1) is 0 Å². The maximum absolute atomic E-state index is 12.9. The first-order valence-corrected chi connectivity index (χ1v) is 11.8. The van der Waals surface area contributed by atoms with Crippen molar-refractivity contribution in [3.05, 3.63) is 46.3 Å². The van der Waals surface area contributed by atoms with Gasteiger partial charge in [-0.1, -0.05) is 16.7 Å². The molecule has 2 aromatic heterocycles. The van der Waals surface area contributed by atoms with E-state index in [0.29, 0.717) is 17.2 Å². The third-order valence-corrected chi connectivity index (χ3v) is 8.34. The minimum Gasteiger partial charge on any atom is -0.403 e. The number of amides is 1. The number of alkyl halides is 3. The second-order valence-electron chi connectivity index (χ2n) is 6.81. The molecule has 4 rings (SSSR count). The molecule has 1 saturated heterocycles. The lowest BCUT2D eigenvalue weighted by Crippen LogP contribution is -2.42. The fraction of sp³-hybridized carbons (Fsp3) is 0.278. The number of hydrogen-bond donors (Lipinski definition) is 1. The molecule has 3 heterocycles. The molecule has 1 unspecified atom stereocenters. The molecule has 0 radical (unpaired) electrons. The molecule has 14 heteroatoms. The molecule has 1 N–H and O–H groups in total. The summed E-state index contributed by atoms with van der Waals surface area (Å²) >= 11 is 6.73. The smallest absolute Gasteiger partial charge is 0.403 e. The average molecular weight is 507 g/mol. The Labute approximate surface area is 189 Å². The molecule has 170 valence electrons. The second-order valence-corrected chi connectivity index (χ2v) is 10.6. The number of rotatable bonds is 5. The normalized spacial score (nSPS) is 17.6. The van der Waals surface area contributed by atoms with Crippen LogP contribution < -0.4 is 5.32 Å². The molecule has 1 atom stereocenters. The molecule has 3 aromatic rings. The molecule has 1 aliphatic rings. The van der Waals surface area contributed by atoms with Crippen LogP contribution in [0.3, 0.4) is 0 Å². The zero-order chi connectivity index (χ0) is 23.1. The summed E-state index contributed by atoms with van der Waals surface area (Å²) in [7, 11) is -3.91. The summed E-state index contributed by atoms with van der Waals surface area (Å²) in [6.07, 6.45) is -3.70. The van der Waals surface area contributed by atoms with E-state index in [1.54, 1.807) is 0 Å². The van der Waals surface area contributed by atoms with Crippen molar-refractivity contribution in [2.45, 2.75) is 29.3 Å².